The summed E-state index contributed by atoms with van der Waals surface area (Å²) in [6, 6.07) is 9.65. The van der Waals surface area contributed by atoms with E-state index >= 15 is 0 Å². The normalized spacial score (nSPS) is 14.7. The zero-order chi connectivity index (χ0) is 21.5. The Balaban J connectivity index is 1.52. The van der Waals surface area contributed by atoms with Crippen LogP contribution in [0.15, 0.2) is 30.3 Å². The number of fused-ring (bicyclic) bond motifs is 1. The van der Waals surface area contributed by atoms with Gasteiger partial charge in [0.15, 0.2) is 11.5 Å². The molecule has 1 N–H and O–H groups in total. The van der Waals surface area contributed by atoms with Crippen LogP contribution in [0, 0.1) is 0 Å². The van der Waals surface area contributed by atoms with Crippen LogP contribution in [0.1, 0.15) is 16.7 Å². The van der Waals surface area contributed by atoms with E-state index in [0.717, 1.165) is 48.1 Å². The van der Waals surface area contributed by atoms with Gasteiger partial charge >= 0.3 is 0 Å². The molecule has 1 aliphatic rings. The Bertz CT molecular complexity index is 841. The van der Waals surface area contributed by atoms with E-state index in [4.69, 9.17) is 23.7 Å². The Labute approximate surface area is 178 Å². The van der Waals surface area contributed by atoms with Crippen LogP contribution in [0.3, 0.4) is 0 Å². The quantitative estimate of drug-likeness (QED) is 0.637. The second kappa shape index (κ2) is 10.5. The number of β-amino-alcohol motifs (C(OH)–C–C–N with tert-alkyl or cyclic N) is 1. The summed E-state index contributed by atoms with van der Waals surface area (Å²) in [5.41, 5.74) is 3.35. The highest BCUT2D eigenvalue weighted by atomic mass is 16.5. The van der Waals surface area contributed by atoms with Crippen molar-refractivity contribution in [1.29, 1.82) is 0 Å². The summed E-state index contributed by atoms with van der Waals surface area (Å²) >= 11 is 0. The Kier molecular flexibility index (Phi) is 7.79. The molecule has 7 nitrogen and oxygen atoms in total. The lowest BCUT2D eigenvalue weighted by molar-refractivity contribution is 0.00722. The van der Waals surface area contributed by atoms with Crippen molar-refractivity contribution in [2.24, 2.45) is 0 Å². The molecule has 0 bridgehead atoms. The molecule has 1 aliphatic heterocycles. The van der Waals surface area contributed by atoms with Crippen LogP contribution in [0.4, 0.5) is 0 Å². The van der Waals surface area contributed by atoms with Crippen LogP contribution in [0.2, 0.25) is 0 Å². The predicted octanol–water partition coefficient (Wildman–Crippen LogP) is 2.66. The fourth-order valence-corrected chi connectivity index (χ4v) is 3.75. The maximum Gasteiger partial charge on any atom is 0.161 e. The van der Waals surface area contributed by atoms with Gasteiger partial charge < -0.3 is 28.8 Å². The number of aliphatic hydroxyl groups is 1. The molecule has 0 aromatic heterocycles. The average Bonchev–Trinajstić information content (AvgIpc) is 2.77. The molecule has 0 amide bonds. The predicted molar refractivity (Wildman–Crippen MR) is 114 cm³/mol. The van der Waals surface area contributed by atoms with Crippen molar-refractivity contribution in [2.45, 2.75) is 25.7 Å². The smallest absolute Gasteiger partial charge is 0.161 e. The summed E-state index contributed by atoms with van der Waals surface area (Å²) in [4.78, 5) is 2.23. The first-order valence-corrected chi connectivity index (χ1v) is 10.0. The molecule has 164 valence electrons. The van der Waals surface area contributed by atoms with Crippen molar-refractivity contribution >= 4 is 0 Å². The fraction of sp³-hybridized carbons (Fsp3) is 0.478. The van der Waals surface area contributed by atoms with Gasteiger partial charge in [-0.1, -0.05) is 0 Å². The van der Waals surface area contributed by atoms with E-state index in [1.54, 1.807) is 28.4 Å². The molecule has 1 heterocycles. The number of ether oxygens (including phenoxy) is 5. The van der Waals surface area contributed by atoms with Gasteiger partial charge in [0.2, 0.25) is 0 Å². The minimum Gasteiger partial charge on any atom is -0.497 e. The SMILES string of the molecule is COc1ccc(OC)c(COC[C@H](O)CN2CCc3cc(OC)c(OC)cc3C2)c1. The van der Waals surface area contributed by atoms with E-state index in [2.05, 4.69) is 4.90 Å². The van der Waals surface area contributed by atoms with Crippen LogP contribution in [0.25, 0.3) is 0 Å². The van der Waals surface area contributed by atoms with Gasteiger partial charge in [-0.05, 0) is 47.9 Å². The molecule has 3 rings (SSSR count). The van der Waals surface area contributed by atoms with E-state index in [1.807, 2.05) is 30.3 Å². The van der Waals surface area contributed by atoms with Gasteiger partial charge in [0.1, 0.15) is 11.5 Å². The molecule has 2 aromatic carbocycles. The van der Waals surface area contributed by atoms with Gasteiger partial charge in [-0.2, -0.15) is 0 Å². The Hall–Kier alpha value is -2.48. The molecule has 0 aliphatic carbocycles. The standard InChI is InChI=1S/C23H31NO6/c1-26-20-5-6-21(27-2)18(9-20)14-30-15-19(25)13-24-8-7-16-10-22(28-3)23(29-4)11-17(16)12-24/h5-6,9-11,19,25H,7-8,12-15H2,1-4H3/t19-/m1/s1. The third kappa shape index (κ3) is 5.36. The molecule has 0 unspecified atom stereocenters. The molecule has 0 radical (unpaired) electrons. The molecular weight excluding hydrogens is 386 g/mol. The zero-order valence-corrected chi connectivity index (χ0v) is 18.1. The highest BCUT2D eigenvalue weighted by Crippen LogP contribution is 2.33. The summed E-state index contributed by atoms with van der Waals surface area (Å²) in [5.74, 6) is 2.97. The average molecular weight is 418 g/mol. The number of aliphatic hydroxyl groups excluding tert-OH is 1. The van der Waals surface area contributed by atoms with Crippen LogP contribution in [-0.2, 0) is 24.3 Å². The van der Waals surface area contributed by atoms with Crippen LogP contribution >= 0.6 is 0 Å². The topological polar surface area (TPSA) is 69.6 Å². The molecule has 7 heteroatoms. The lowest BCUT2D eigenvalue weighted by Crippen LogP contribution is -2.38. The summed E-state index contributed by atoms with van der Waals surface area (Å²) in [6.45, 7) is 2.77. The molecule has 2 aromatic rings. The molecule has 1 atom stereocenters. The van der Waals surface area contributed by atoms with Gasteiger partial charge in [0.25, 0.3) is 0 Å². The Morgan fingerprint density at radius 2 is 1.60 bits per heavy atom. The molecule has 30 heavy (non-hydrogen) atoms. The summed E-state index contributed by atoms with van der Waals surface area (Å²) in [6.07, 6.45) is 0.327. The van der Waals surface area contributed by atoms with Crippen LogP contribution in [-0.4, -0.2) is 64.2 Å². The molecule has 0 saturated carbocycles. The third-order valence-corrected chi connectivity index (χ3v) is 5.32. The molecule has 0 fully saturated rings. The minimum absolute atomic E-state index is 0.246. The molecule has 0 spiro atoms. The largest absolute Gasteiger partial charge is 0.497 e. The van der Waals surface area contributed by atoms with Crippen LogP contribution < -0.4 is 18.9 Å². The molecular formula is C23H31NO6. The monoisotopic (exact) mass is 417 g/mol. The minimum atomic E-state index is -0.580. The van der Waals surface area contributed by atoms with Crippen LogP contribution in [0.5, 0.6) is 23.0 Å². The fourth-order valence-electron chi connectivity index (χ4n) is 3.75. The lowest BCUT2D eigenvalue weighted by atomic mass is 9.98. The number of benzene rings is 2. The first-order chi connectivity index (χ1) is 14.6. The number of rotatable bonds is 10. The van der Waals surface area contributed by atoms with Crippen molar-refractivity contribution in [2.75, 3.05) is 48.1 Å². The van der Waals surface area contributed by atoms with Crippen molar-refractivity contribution in [3.8, 4) is 23.0 Å². The number of methoxy groups -OCH3 is 4. The Morgan fingerprint density at radius 3 is 2.27 bits per heavy atom. The van der Waals surface area contributed by atoms with Gasteiger partial charge in [0, 0.05) is 25.2 Å². The second-order valence-corrected chi connectivity index (χ2v) is 7.31. The number of hydrogen-bond acceptors (Lipinski definition) is 7. The van der Waals surface area contributed by atoms with E-state index < -0.39 is 6.10 Å². The maximum atomic E-state index is 10.5. The van der Waals surface area contributed by atoms with Gasteiger partial charge in [-0.25, -0.2) is 0 Å². The maximum absolute atomic E-state index is 10.5. The lowest BCUT2D eigenvalue weighted by Gasteiger charge is -2.31. The summed E-state index contributed by atoms with van der Waals surface area (Å²) in [7, 11) is 6.54. The first kappa shape index (κ1) is 22.2. The van der Waals surface area contributed by atoms with Gasteiger partial charge in [-0.3, -0.25) is 4.90 Å². The summed E-state index contributed by atoms with van der Waals surface area (Å²) in [5, 5.41) is 10.5. The zero-order valence-electron chi connectivity index (χ0n) is 18.1. The molecule has 0 saturated heterocycles. The van der Waals surface area contributed by atoms with Crippen molar-refractivity contribution in [3.63, 3.8) is 0 Å². The third-order valence-electron chi connectivity index (χ3n) is 5.32. The second-order valence-electron chi connectivity index (χ2n) is 7.31. The number of nitrogens with zero attached hydrogens (tertiary/aromatic N) is 1. The van der Waals surface area contributed by atoms with E-state index in [9.17, 15) is 5.11 Å². The first-order valence-electron chi connectivity index (χ1n) is 10.0. The van der Waals surface area contributed by atoms with E-state index in [1.165, 1.54) is 11.1 Å². The van der Waals surface area contributed by atoms with Crippen molar-refractivity contribution in [3.05, 3.63) is 47.0 Å². The van der Waals surface area contributed by atoms with Gasteiger partial charge in [-0.15, -0.1) is 0 Å². The van der Waals surface area contributed by atoms with E-state index in [-0.39, 0.29) is 6.61 Å². The number of hydrogen-bond donors (Lipinski definition) is 1. The highest BCUT2D eigenvalue weighted by Gasteiger charge is 2.21. The van der Waals surface area contributed by atoms with E-state index in [0.29, 0.717) is 13.2 Å². The van der Waals surface area contributed by atoms with Crippen molar-refractivity contribution < 1.29 is 28.8 Å². The van der Waals surface area contributed by atoms with Crippen molar-refractivity contribution in [1.82, 2.24) is 4.90 Å². The summed E-state index contributed by atoms with van der Waals surface area (Å²) < 4.78 is 27.2. The Morgan fingerprint density at radius 1 is 0.900 bits per heavy atom. The highest BCUT2D eigenvalue weighted by molar-refractivity contribution is 5.48. The van der Waals surface area contributed by atoms with Gasteiger partial charge in [0.05, 0.1) is 47.8 Å².